The molecule has 1 aromatic rings. The number of benzene rings is 1. The maximum Gasteiger partial charge on any atom is 0.130 e. The molecule has 4 rings (SSSR count). The number of fused-ring (bicyclic) bond motifs is 2. The molecule has 0 radical (unpaired) electrons. The normalized spacial score (nSPS) is 32.6. The number of halogens is 1. The average molecular weight is 387 g/mol. The standard InChI is InChI=1S/C26H39FO/c1-3-4-5-14-28-23-11-9-19-16-22(8-7-20(19)17-23)25-13-10-21-15-18(2)6-12-24(21)26(25)27/h10,13,18-20,22-23H,3-9,11-12,14-17H2,1-2H3. The summed E-state index contributed by atoms with van der Waals surface area (Å²) in [5.74, 6) is 2.88. The zero-order valence-corrected chi connectivity index (χ0v) is 18.0. The van der Waals surface area contributed by atoms with Crippen molar-refractivity contribution in [1.29, 1.82) is 0 Å². The van der Waals surface area contributed by atoms with Crippen molar-refractivity contribution in [3.05, 3.63) is 34.6 Å². The Morgan fingerprint density at radius 1 is 1.00 bits per heavy atom. The zero-order valence-electron chi connectivity index (χ0n) is 18.0. The van der Waals surface area contributed by atoms with Crippen LogP contribution in [0.4, 0.5) is 4.39 Å². The van der Waals surface area contributed by atoms with Gasteiger partial charge in [0, 0.05) is 6.61 Å². The van der Waals surface area contributed by atoms with Crippen LogP contribution in [0.5, 0.6) is 0 Å². The van der Waals surface area contributed by atoms with E-state index in [9.17, 15) is 0 Å². The van der Waals surface area contributed by atoms with Crippen LogP contribution in [0.2, 0.25) is 0 Å². The van der Waals surface area contributed by atoms with E-state index in [0.717, 1.165) is 55.3 Å². The highest BCUT2D eigenvalue weighted by atomic mass is 19.1. The van der Waals surface area contributed by atoms with Crippen LogP contribution in [0, 0.1) is 23.6 Å². The van der Waals surface area contributed by atoms with Crippen molar-refractivity contribution in [3.63, 3.8) is 0 Å². The molecule has 1 aromatic carbocycles. The molecule has 3 aliphatic rings. The number of hydrogen-bond acceptors (Lipinski definition) is 1. The second kappa shape index (κ2) is 9.28. The minimum absolute atomic E-state index is 0.154. The van der Waals surface area contributed by atoms with E-state index < -0.39 is 0 Å². The molecule has 2 heteroatoms. The lowest BCUT2D eigenvalue weighted by Gasteiger charge is -2.42. The molecule has 28 heavy (non-hydrogen) atoms. The first-order chi connectivity index (χ1) is 13.7. The highest BCUT2D eigenvalue weighted by molar-refractivity contribution is 5.38. The van der Waals surface area contributed by atoms with Gasteiger partial charge in [0.1, 0.15) is 5.82 Å². The van der Waals surface area contributed by atoms with Crippen molar-refractivity contribution in [2.24, 2.45) is 17.8 Å². The third kappa shape index (κ3) is 4.48. The van der Waals surface area contributed by atoms with Crippen molar-refractivity contribution in [1.82, 2.24) is 0 Å². The average Bonchev–Trinajstić information content (AvgIpc) is 2.71. The Hall–Kier alpha value is -0.890. The van der Waals surface area contributed by atoms with E-state index in [4.69, 9.17) is 4.74 Å². The third-order valence-corrected chi connectivity index (χ3v) is 7.93. The Morgan fingerprint density at radius 2 is 1.82 bits per heavy atom. The van der Waals surface area contributed by atoms with E-state index in [1.165, 1.54) is 56.9 Å². The van der Waals surface area contributed by atoms with E-state index in [1.54, 1.807) is 0 Å². The quantitative estimate of drug-likeness (QED) is 0.469. The van der Waals surface area contributed by atoms with Crippen LogP contribution in [0.25, 0.3) is 0 Å². The maximum atomic E-state index is 15.3. The number of ether oxygens (including phenoxy) is 1. The van der Waals surface area contributed by atoms with Crippen molar-refractivity contribution in [3.8, 4) is 0 Å². The fourth-order valence-corrected chi connectivity index (χ4v) is 6.21. The maximum absolute atomic E-state index is 15.3. The van der Waals surface area contributed by atoms with Gasteiger partial charge in [-0.15, -0.1) is 0 Å². The molecule has 0 aromatic heterocycles. The first-order valence-corrected chi connectivity index (χ1v) is 12.1. The van der Waals surface area contributed by atoms with Crippen molar-refractivity contribution in [2.45, 2.75) is 103 Å². The molecule has 0 N–H and O–H groups in total. The second-order valence-electron chi connectivity index (χ2n) is 10.00. The highest BCUT2D eigenvalue weighted by Gasteiger charge is 2.37. The molecule has 156 valence electrons. The van der Waals surface area contributed by atoms with Crippen LogP contribution in [0.3, 0.4) is 0 Å². The molecule has 0 aliphatic heterocycles. The van der Waals surface area contributed by atoms with Crippen molar-refractivity contribution in [2.75, 3.05) is 6.61 Å². The van der Waals surface area contributed by atoms with Gasteiger partial charge in [0.15, 0.2) is 0 Å². The first kappa shape index (κ1) is 20.4. The molecular formula is C26H39FO. The predicted molar refractivity (Wildman–Crippen MR) is 114 cm³/mol. The van der Waals surface area contributed by atoms with Crippen LogP contribution in [0.1, 0.15) is 101 Å². The Kier molecular flexibility index (Phi) is 6.76. The summed E-state index contributed by atoms with van der Waals surface area (Å²) in [6, 6.07) is 4.39. The molecule has 0 spiro atoms. The van der Waals surface area contributed by atoms with E-state index >= 15 is 4.39 Å². The Balaban J connectivity index is 1.35. The molecule has 0 saturated heterocycles. The van der Waals surface area contributed by atoms with Gasteiger partial charge in [0.05, 0.1) is 6.10 Å². The van der Waals surface area contributed by atoms with Gasteiger partial charge in [-0.1, -0.05) is 38.8 Å². The summed E-state index contributed by atoms with van der Waals surface area (Å²) in [5, 5.41) is 0. The largest absolute Gasteiger partial charge is 0.378 e. The van der Waals surface area contributed by atoms with Gasteiger partial charge in [-0.2, -0.15) is 0 Å². The van der Waals surface area contributed by atoms with Gasteiger partial charge < -0.3 is 4.74 Å². The summed E-state index contributed by atoms with van der Waals surface area (Å²) >= 11 is 0. The van der Waals surface area contributed by atoms with Crippen LogP contribution >= 0.6 is 0 Å². The van der Waals surface area contributed by atoms with E-state index in [1.807, 2.05) is 0 Å². The topological polar surface area (TPSA) is 9.23 Å². The van der Waals surface area contributed by atoms with Gasteiger partial charge in [-0.05, 0) is 105 Å². The molecule has 3 aliphatic carbocycles. The van der Waals surface area contributed by atoms with Crippen LogP contribution in [-0.2, 0) is 17.6 Å². The van der Waals surface area contributed by atoms with Gasteiger partial charge in [-0.3, -0.25) is 0 Å². The lowest BCUT2D eigenvalue weighted by atomic mass is 9.65. The molecule has 5 unspecified atom stereocenters. The van der Waals surface area contributed by atoms with E-state index in [-0.39, 0.29) is 5.82 Å². The molecule has 5 atom stereocenters. The van der Waals surface area contributed by atoms with Crippen LogP contribution < -0.4 is 0 Å². The second-order valence-corrected chi connectivity index (χ2v) is 10.00. The molecule has 1 nitrogen and oxygen atoms in total. The Morgan fingerprint density at radius 3 is 2.68 bits per heavy atom. The number of unbranched alkanes of at least 4 members (excludes halogenated alkanes) is 2. The monoisotopic (exact) mass is 386 g/mol. The molecule has 0 heterocycles. The van der Waals surface area contributed by atoms with Crippen molar-refractivity contribution >= 4 is 0 Å². The minimum atomic E-state index is 0.154. The summed E-state index contributed by atoms with van der Waals surface area (Å²) in [6.07, 6.45) is 14.7. The molecular weight excluding hydrogens is 347 g/mol. The summed E-state index contributed by atoms with van der Waals surface area (Å²) in [5.41, 5.74) is 3.35. The summed E-state index contributed by atoms with van der Waals surface area (Å²) in [6.45, 7) is 5.48. The van der Waals surface area contributed by atoms with Crippen molar-refractivity contribution < 1.29 is 9.13 Å². The summed E-state index contributed by atoms with van der Waals surface area (Å²) in [7, 11) is 0. The zero-order chi connectivity index (χ0) is 19.5. The number of hydrogen-bond donors (Lipinski definition) is 0. The summed E-state index contributed by atoms with van der Waals surface area (Å²) < 4.78 is 21.5. The molecule has 0 bridgehead atoms. The highest BCUT2D eigenvalue weighted by Crippen LogP contribution is 2.47. The van der Waals surface area contributed by atoms with E-state index in [0.29, 0.717) is 17.9 Å². The van der Waals surface area contributed by atoms with Crippen LogP contribution in [0.15, 0.2) is 12.1 Å². The fraction of sp³-hybridized carbons (Fsp3) is 0.769. The Labute approximate surface area is 171 Å². The molecule has 0 amide bonds. The lowest BCUT2D eigenvalue weighted by Crippen LogP contribution is -2.34. The molecule has 2 saturated carbocycles. The van der Waals surface area contributed by atoms with E-state index in [2.05, 4.69) is 26.0 Å². The predicted octanol–water partition coefficient (Wildman–Crippen LogP) is 7.21. The smallest absolute Gasteiger partial charge is 0.130 e. The molecule has 2 fully saturated rings. The van der Waals surface area contributed by atoms with Crippen LogP contribution in [-0.4, -0.2) is 12.7 Å². The summed E-state index contributed by atoms with van der Waals surface area (Å²) in [4.78, 5) is 0. The van der Waals surface area contributed by atoms with Gasteiger partial charge >= 0.3 is 0 Å². The van der Waals surface area contributed by atoms with Gasteiger partial charge in [-0.25, -0.2) is 4.39 Å². The fourth-order valence-electron chi connectivity index (χ4n) is 6.21. The number of rotatable bonds is 6. The first-order valence-electron chi connectivity index (χ1n) is 12.1. The SMILES string of the molecule is CCCCCOC1CCC2CC(c3ccc4c(c3F)CCC(C)C4)CCC2C1. The van der Waals surface area contributed by atoms with Gasteiger partial charge in [0.25, 0.3) is 0 Å². The lowest BCUT2D eigenvalue weighted by molar-refractivity contribution is -0.0164. The van der Waals surface area contributed by atoms with Gasteiger partial charge in [0.2, 0.25) is 0 Å². The Bertz CT molecular complexity index is 654. The third-order valence-electron chi connectivity index (χ3n) is 7.93. The minimum Gasteiger partial charge on any atom is -0.378 e.